The number of carbonyl (C=O) groups is 1. The molecule has 1 aromatic rings. The Bertz CT molecular complexity index is 436. The number of ether oxygens (including phenoxy) is 1. The highest BCUT2D eigenvalue weighted by Gasteiger charge is 2.28. The number of nitrogens with one attached hydrogen (secondary N) is 1. The number of rotatable bonds is 6. The van der Waals surface area contributed by atoms with Gasteiger partial charge in [-0.05, 0) is 18.8 Å². The molecule has 0 radical (unpaired) electrons. The lowest BCUT2D eigenvalue weighted by Crippen LogP contribution is -2.40. The Balaban J connectivity index is 1.81. The molecule has 2 unspecified atom stereocenters. The molecule has 0 aromatic carbocycles. The van der Waals surface area contributed by atoms with Gasteiger partial charge in [0.2, 0.25) is 0 Å². The Kier molecular flexibility index (Phi) is 5.99. The van der Waals surface area contributed by atoms with Crippen LogP contribution in [0, 0.1) is 5.92 Å². The van der Waals surface area contributed by atoms with Crippen molar-refractivity contribution in [1.29, 1.82) is 0 Å². The molecular weight excluding hydrogens is 286 g/mol. The van der Waals surface area contributed by atoms with Gasteiger partial charge in [0.15, 0.2) is 0 Å². The van der Waals surface area contributed by atoms with E-state index >= 15 is 0 Å². The maximum absolute atomic E-state index is 12.3. The van der Waals surface area contributed by atoms with Crippen LogP contribution >= 0.6 is 11.3 Å². The molecule has 2 rings (SSSR count). The third-order valence-electron chi connectivity index (χ3n) is 3.55. The van der Waals surface area contributed by atoms with Gasteiger partial charge < -0.3 is 15.0 Å². The zero-order valence-corrected chi connectivity index (χ0v) is 13.9. The highest BCUT2D eigenvalue weighted by Crippen LogP contribution is 2.20. The average Bonchev–Trinajstić information content (AvgIpc) is 3.13. The van der Waals surface area contributed by atoms with E-state index in [9.17, 15) is 4.79 Å². The second-order valence-electron chi connectivity index (χ2n) is 5.86. The molecule has 1 aliphatic rings. The van der Waals surface area contributed by atoms with Crippen LogP contribution in [0.5, 0.6) is 0 Å². The number of hydrogen-bond acceptors (Lipinski definition) is 4. The lowest BCUT2D eigenvalue weighted by Gasteiger charge is -2.21. The van der Waals surface area contributed by atoms with E-state index in [0.717, 1.165) is 31.0 Å². The lowest BCUT2D eigenvalue weighted by atomic mass is 10.2. The van der Waals surface area contributed by atoms with Crippen LogP contribution in [0.4, 0.5) is 4.79 Å². The van der Waals surface area contributed by atoms with E-state index in [-0.39, 0.29) is 18.2 Å². The number of aromatic nitrogens is 1. The minimum absolute atomic E-state index is 0.00676. The zero-order chi connectivity index (χ0) is 15.2. The first-order valence-corrected chi connectivity index (χ1v) is 8.54. The third-order valence-corrected chi connectivity index (χ3v) is 4.44. The molecule has 118 valence electrons. The topological polar surface area (TPSA) is 54.5 Å². The predicted molar refractivity (Wildman–Crippen MR) is 84.4 cm³/mol. The summed E-state index contributed by atoms with van der Waals surface area (Å²) >= 11 is 1.58. The van der Waals surface area contributed by atoms with Gasteiger partial charge in [0.1, 0.15) is 5.01 Å². The molecule has 21 heavy (non-hydrogen) atoms. The van der Waals surface area contributed by atoms with Crippen molar-refractivity contribution in [2.45, 2.75) is 45.8 Å². The van der Waals surface area contributed by atoms with E-state index in [0.29, 0.717) is 12.5 Å². The molecule has 0 saturated carbocycles. The van der Waals surface area contributed by atoms with Crippen LogP contribution in [-0.4, -0.2) is 41.7 Å². The summed E-state index contributed by atoms with van der Waals surface area (Å²) in [5.74, 6) is 0.530. The average molecular weight is 311 g/mol. The smallest absolute Gasteiger partial charge is 0.318 e. The molecule has 6 heteroatoms. The standard InChI is InChI=1S/C15H25N3O2S/c1-4-13(14-16-6-8-21-14)17-15(19)18-7-5-12(9-18)20-10-11(2)3/h6,8,11-13H,4-5,7,9-10H2,1-3H3,(H,17,19). The van der Waals surface area contributed by atoms with E-state index in [4.69, 9.17) is 4.74 Å². The van der Waals surface area contributed by atoms with E-state index in [1.165, 1.54) is 0 Å². The number of nitrogens with zero attached hydrogens (tertiary/aromatic N) is 2. The second kappa shape index (κ2) is 7.75. The maximum atomic E-state index is 12.3. The van der Waals surface area contributed by atoms with Crippen molar-refractivity contribution in [1.82, 2.24) is 15.2 Å². The van der Waals surface area contributed by atoms with Crippen molar-refractivity contribution in [3.05, 3.63) is 16.6 Å². The number of thiazole rings is 1. The Labute approximate surface area is 130 Å². The molecular formula is C15H25N3O2S. The summed E-state index contributed by atoms with van der Waals surface area (Å²) in [4.78, 5) is 18.5. The van der Waals surface area contributed by atoms with Gasteiger partial charge in [-0.15, -0.1) is 11.3 Å². The van der Waals surface area contributed by atoms with Crippen molar-refractivity contribution in [3.8, 4) is 0 Å². The molecule has 1 aromatic heterocycles. The summed E-state index contributed by atoms with van der Waals surface area (Å²) in [6, 6.07) is 0.000768. The van der Waals surface area contributed by atoms with Crippen LogP contribution in [-0.2, 0) is 4.74 Å². The van der Waals surface area contributed by atoms with Crippen LogP contribution in [0.1, 0.15) is 44.7 Å². The Morgan fingerprint density at radius 3 is 3.05 bits per heavy atom. The quantitative estimate of drug-likeness (QED) is 0.878. The first-order chi connectivity index (χ1) is 10.1. The molecule has 0 aliphatic carbocycles. The first kappa shape index (κ1) is 16.2. The van der Waals surface area contributed by atoms with E-state index in [1.54, 1.807) is 17.5 Å². The van der Waals surface area contributed by atoms with E-state index < -0.39 is 0 Å². The van der Waals surface area contributed by atoms with Crippen molar-refractivity contribution >= 4 is 17.4 Å². The van der Waals surface area contributed by atoms with Crippen LogP contribution in [0.2, 0.25) is 0 Å². The van der Waals surface area contributed by atoms with Crippen LogP contribution in [0.3, 0.4) is 0 Å². The highest BCUT2D eigenvalue weighted by molar-refractivity contribution is 7.09. The molecule has 1 fully saturated rings. The number of amides is 2. The predicted octanol–water partition coefficient (Wildman–Crippen LogP) is 3.05. The fraction of sp³-hybridized carbons (Fsp3) is 0.733. The Morgan fingerprint density at radius 2 is 2.43 bits per heavy atom. The van der Waals surface area contributed by atoms with Gasteiger partial charge in [-0.3, -0.25) is 0 Å². The van der Waals surface area contributed by atoms with Crippen molar-refractivity contribution in [3.63, 3.8) is 0 Å². The van der Waals surface area contributed by atoms with Gasteiger partial charge in [0.05, 0.1) is 12.1 Å². The fourth-order valence-electron chi connectivity index (χ4n) is 2.36. The fourth-order valence-corrected chi connectivity index (χ4v) is 3.14. The molecule has 0 bridgehead atoms. The molecule has 2 atom stereocenters. The van der Waals surface area contributed by atoms with Gasteiger partial charge in [-0.2, -0.15) is 0 Å². The van der Waals surface area contributed by atoms with E-state index in [1.807, 2.05) is 10.3 Å². The minimum atomic E-state index is -0.00676. The summed E-state index contributed by atoms with van der Waals surface area (Å²) in [7, 11) is 0. The third kappa shape index (κ3) is 4.68. The number of likely N-dealkylation sites (tertiary alicyclic amines) is 1. The van der Waals surface area contributed by atoms with Crippen molar-refractivity contribution in [2.75, 3.05) is 19.7 Å². The lowest BCUT2D eigenvalue weighted by molar-refractivity contribution is 0.0435. The molecule has 1 N–H and O–H groups in total. The molecule has 0 spiro atoms. The molecule has 1 aliphatic heterocycles. The summed E-state index contributed by atoms with van der Waals surface area (Å²) in [5, 5.41) is 5.99. The Hall–Kier alpha value is -1.14. The van der Waals surface area contributed by atoms with Gasteiger partial charge in [-0.1, -0.05) is 20.8 Å². The first-order valence-electron chi connectivity index (χ1n) is 7.66. The molecule has 5 nitrogen and oxygen atoms in total. The van der Waals surface area contributed by atoms with Gasteiger partial charge in [0, 0.05) is 31.3 Å². The maximum Gasteiger partial charge on any atom is 0.318 e. The van der Waals surface area contributed by atoms with Crippen molar-refractivity contribution < 1.29 is 9.53 Å². The number of urea groups is 1. The van der Waals surface area contributed by atoms with Crippen LogP contribution in [0.15, 0.2) is 11.6 Å². The number of carbonyl (C=O) groups excluding carboxylic acids is 1. The summed E-state index contributed by atoms with van der Waals surface area (Å²) < 4.78 is 5.82. The van der Waals surface area contributed by atoms with Crippen LogP contribution in [0.25, 0.3) is 0 Å². The summed E-state index contributed by atoms with van der Waals surface area (Å²) in [6.45, 7) is 8.55. The minimum Gasteiger partial charge on any atom is -0.376 e. The molecule has 2 heterocycles. The van der Waals surface area contributed by atoms with Gasteiger partial charge in [0.25, 0.3) is 0 Å². The summed E-state index contributed by atoms with van der Waals surface area (Å²) in [6.07, 6.45) is 3.73. The number of hydrogen-bond donors (Lipinski definition) is 1. The normalized spacial score (nSPS) is 20.0. The highest BCUT2D eigenvalue weighted by atomic mass is 32.1. The molecule has 1 saturated heterocycles. The SMILES string of the molecule is CCC(NC(=O)N1CCC(OCC(C)C)C1)c1nccs1. The summed E-state index contributed by atoms with van der Waals surface area (Å²) in [5.41, 5.74) is 0. The Morgan fingerprint density at radius 1 is 1.62 bits per heavy atom. The van der Waals surface area contributed by atoms with Gasteiger partial charge >= 0.3 is 6.03 Å². The van der Waals surface area contributed by atoms with Crippen molar-refractivity contribution in [2.24, 2.45) is 5.92 Å². The second-order valence-corrected chi connectivity index (χ2v) is 6.79. The van der Waals surface area contributed by atoms with Crippen LogP contribution < -0.4 is 5.32 Å². The monoisotopic (exact) mass is 311 g/mol. The van der Waals surface area contributed by atoms with E-state index in [2.05, 4.69) is 31.1 Å². The molecule has 2 amide bonds. The van der Waals surface area contributed by atoms with Gasteiger partial charge in [-0.25, -0.2) is 9.78 Å². The zero-order valence-electron chi connectivity index (χ0n) is 13.0. The largest absolute Gasteiger partial charge is 0.376 e.